The second-order valence-electron chi connectivity index (χ2n) is 19.7. The first-order chi connectivity index (χ1) is 28.0. The minimum Gasteiger partial charge on any atom is -1.00 e. The van der Waals surface area contributed by atoms with Gasteiger partial charge in [-0.3, -0.25) is 0 Å². The van der Waals surface area contributed by atoms with Crippen LogP contribution in [0.4, 0.5) is 51.2 Å². The molecule has 14 heteroatoms. The zero-order valence-electron chi connectivity index (χ0n) is 45.7. The minimum absolute atomic E-state index is 0. The molecule has 9 nitrogen and oxygen atoms in total. The maximum atomic E-state index is 2.44. The van der Waals surface area contributed by atoms with Gasteiger partial charge < -0.3 is 81.3 Å². The summed E-state index contributed by atoms with van der Waals surface area (Å²) in [6.45, 7) is 23.7. The molecule has 0 aliphatic heterocycles. The molecule has 65 heavy (non-hydrogen) atoms. The minimum atomic E-state index is -3.77. The monoisotopic (exact) mass is 1000 g/mol. The number of anilines is 9. The molecule has 0 aliphatic carbocycles. The van der Waals surface area contributed by atoms with Crippen LogP contribution in [0, 0.1) is 69.2 Å². The van der Waals surface area contributed by atoms with Crippen LogP contribution >= 0.6 is 0 Å². The molecule has 0 radical (unpaired) electrons. The van der Waals surface area contributed by atoms with Gasteiger partial charge in [0.25, 0.3) is 0 Å². The third-order valence-electron chi connectivity index (χ3n) is 13.9. The first-order valence-electron chi connectivity index (χ1n) is 21.8. The molecule has 0 fully saturated rings. The summed E-state index contributed by atoms with van der Waals surface area (Å²) in [7, 11) is 36.9. The zero-order valence-corrected chi connectivity index (χ0v) is 50.5. The van der Waals surface area contributed by atoms with E-state index in [1.807, 2.05) is 0 Å². The Bertz CT molecular complexity index is 2110. The fraction of sp³-hybridized carbons (Fsp3) is 0.549. The number of halogens is 3. The van der Waals surface area contributed by atoms with E-state index in [-0.39, 0.29) is 58.9 Å². The fourth-order valence-corrected chi connectivity index (χ4v) is 18.5. The Morgan fingerprint density at radius 2 is 0.400 bits per heavy atom. The van der Waals surface area contributed by atoms with Crippen molar-refractivity contribution in [3.8, 4) is 0 Å². The van der Waals surface area contributed by atoms with Gasteiger partial charge in [-0.25, -0.2) is 0 Å². The normalized spacial score (nSPS) is 10.9. The molecule has 0 bridgehead atoms. The molecule has 362 valence electrons. The summed E-state index contributed by atoms with van der Waals surface area (Å²) in [5.41, 5.74) is 24.9. The molecule has 0 aliphatic rings. The molecule has 0 spiro atoms. The summed E-state index contributed by atoms with van der Waals surface area (Å²) in [5.74, 6) is 0. The predicted octanol–water partition coefficient (Wildman–Crippen LogP) is -2.53. The molecular weight excluding hydrogens is 921 g/mol. The van der Waals surface area contributed by atoms with Crippen molar-refractivity contribution in [2.24, 2.45) is 0 Å². The van der Waals surface area contributed by atoms with Crippen molar-refractivity contribution in [2.45, 2.75) is 69.2 Å². The van der Waals surface area contributed by atoms with E-state index in [2.05, 4.69) is 240 Å². The van der Waals surface area contributed by atoms with Crippen LogP contribution in [-0.4, -0.2) is 135 Å². The van der Waals surface area contributed by atoms with Gasteiger partial charge in [-0.1, -0.05) is 27.7 Å². The third kappa shape index (κ3) is 9.57. The Kier molecular flexibility index (Phi) is 21.4. The number of benzene rings is 3. The van der Waals surface area contributed by atoms with Crippen molar-refractivity contribution in [1.29, 1.82) is 0 Å². The second-order valence-corrected chi connectivity index (χ2v) is 23.2. The Balaban J connectivity index is 0.0000102. The Morgan fingerprint density at radius 1 is 0.246 bits per heavy atom. The third-order valence-corrected chi connectivity index (χ3v) is 19.0. The Morgan fingerprint density at radius 3 is 0.554 bits per heavy atom. The van der Waals surface area contributed by atoms with Gasteiger partial charge in [-0.05, 0) is 90.5 Å². The van der Waals surface area contributed by atoms with Crippen LogP contribution in [0.25, 0.3) is 0 Å². The van der Waals surface area contributed by atoms with E-state index in [9.17, 15) is 0 Å². The molecule has 4 aromatic carbocycles. The first-order valence-corrected chi connectivity index (χ1v) is 23.8. The summed E-state index contributed by atoms with van der Waals surface area (Å²) in [5, 5.41) is 5.75. The van der Waals surface area contributed by atoms with Crippen molar-refractivity contribution in [3.05, 3.63) is 55.6 Å². The van der Waals surface area contributed by atoms with E-state index >= 15 is 0 Å². The van der Waals surface area contributed by atoms with Crippen LogP contribution in [-0.2, 0) is 21.7 Å². The molecule has 0 N–H and O–H groups in total. The molecule has 4 rings (SSSR count). The van der Waals surface area contributed by atoms with Crippen LogP contribution in [0.2, 0.25) is 0 Å². The van der Waals surface area contributed by atoms with Gasteiger partial charge >= 0.3 is 21.7 Å². The predicted molar refractivity (Wildman–Crippen MR) is 282 cm³/mol. The van der Waals surface area contributed by atoms with Crippen molar-refractivity contribution >= 4 is 80.0 Å². The Labute approximate surface area is 431 Å². The topological polar surface area (TPSA) is 29.2 Å². The van der Waals surface area contributed by atoms with Crippen molar-refractivity contribution in [3.63, 3.8) is 0 Å². The molecule has 0 atom stereocenters. The number of nitrogens with zero attached hydrogens (tertiary/aromatic N) is 9. The van der Waals surface area contributed by atoms with Crippen LogP contribution < -0.4 is 102 Å². The summed E-state index contributed by atoms with van der Waals surface area (Å²) >= 11 is 0. The summed E-state index contributed by atoms with van der Waals surface area (Å²) < 4.78 is 0. The van der Waals surface area contributed by atoms with Crippen molar-refractivity contribution in [2.75, 3.05) is 171 Å². The van der Waals surface area contributed by atoms with E-state index in [4.69, 9.17) is 0 Å². The molecule has 0 saturated carbocycles. The van der Waals surface area contributed by atoms with Crippen LogP contribution in [0.15, 0.2) is 0 Å². The second kappa shape index (κ2) is 22.4. The van der Waals surface area contributed by atoms with Crippen LogP contribution in [0.3, 0.4) is 0 Å². The maximum absolute atomic E-state index is 3.77. The molecule has 0 heterocycles. The zero-order chi connectivity index (χ0) is 47.0. The van der Waals surface area contributed by atoms with Crippen molar-refractivity contribution in [1.82, 2.24) is 0 Å². The summed E-state index contributed by atoms with van der Waals surface area (Å²) in [6, 6.07) is 0. The van der Waals surface area contributed by atoms with E-state index in [1.165, 1.54) is 128 Å². The van der Waals surface area contributed by atoms with Crippen LogP contribution in [0.1, 0.15) is 55.6 Å². The average Bonchev–Trinajstić information content (AvgIpc) is 3.32. The summed E-state index contributed by atoms with van der Waals surface area (Å²) in [4.78, 5) is 21.8. The standard InChI is InChI=1S/C51H84N9Si.3ClH.Ti/c1-29-30(2)38(10)48(37(29)9)61(49-42(55(17)18)34(6)31(3)39(52(11)12)45(49)58(23)24,50-43(56(19)20)35(7)32(4)40(53(13)14)46(50)59(25)26)51-44(57(21)22)36(8)33(5)41(54(15)16)47(51)60(27)28;;;;/h1-28H3;3*1H;/q-1;;;;+4/p-3. The van der Waals surface area contributed by atoms with Gasteiger partial charge in [-0.15, -0.1) is 5.19 Å². The first kappa shape index (κ1) is 62.0. The summed E-state index contributed by atoms with van der Waals surface area (Å²) in [6.07, 6.45) is 0. The fourth-order valence-electron chi connectivity index (χ4n) is 11.1. The Hall–Kier alpha value is -2.99. The molecule has 0 aromatic heterocycles. The largest absolute Gasteiger partial charge is 4.00 e. The average molecular weight is 1010 g/mol. The SMILES string of the molecule is Cc1c(C)c(N(C)C)c([Si](c2c(N(C)C)c(C)c(C)c(N(C)C)c2N(C)C)(c2c(N(C)C)c(C)c(C)c(N(C)C)c2N(C)C)[c-]2c(C)c(C)c(C)c2C)c(N(C)C)c1N(C)C.[Cl-].[Cl-].[Cl-].[Ti+4]. The number of rotatable bonds is 13. The number of hydrogen-bond donors (Lipinski definition) is 0. The van der Waals surface area contributed by atoms with Gasteiger partial charge in [0.1, 0.15) is 8.07 Å². The van der Waals surface area contributed by atoms with Gasteiger partial charge in [-0.2, -0.15) is 22.3 Å². The van der Waals surface area contributed by atoms with Crippen LogP contribution in [0.5, 0.6) is 0 Å². The van der Waals surface area contributed by atoms with E-state index in [0.29, 0.717) is 0 Å². The quantitative estimate of drug-likeness (QED) is 0.0820. The van der Waals surface area contributed by atoms with E-state index in [1.54, 1.807) is 0 Å². The van der Waals surface area contributed by atoms with Gasteiger partial charge in [0, 0.05) is 144 Å². The van der Waals surface area contributed by atoms with E-state index < -0.39 is 8.07 Å². The molecule has 4 aromatic rings. The van der Waals surface area contributed by atoms with E-state index in [0.717, 1.165) is 0 Å². The van der Waals surface area contributed by atoms with Gasteiger partial charge in [0.2, 0.25) is 0 Å². The molecule has 0 saturated heterocycles. The molecule has 0 unspecified atom stereocenters. The maximum Gasteiger partial charge on any atom is 4.00 e. The van der Waals surface area contributed by atoms with Crippen molar-refractivity contribution < 1.29 is 58.9 Å². The number of hydrogen-bond acceptors (Lipinski definition) is 9. The van der Waals surface area contributed by atoms with Gasteiger partial charge in [0.05, 0.1) is 34.1 Å². The van der Waals surface area contributed by atoms with Gasteiger partial charge in [0.15, 0.2) is 0 Å². The smallest absolute Gasteiger partial charge is 1.00 e. The molecular formula is C51H84Cl3N9SiTi. The molecule has 0 amide bonds.